The van der Waals surface area contributed by atoms with Crippen LogP contribution in [0.3, 0.4) is 0 Å². The zero-order valence-electron chi connectivity index (χ0n) is 25.8. The minimum atomic E-state index is -0.967. The highest BCUT2D eigenvalue weighted by Crippen LogP contribution is 2.24. The highest BCUT2D eigenvalue weighted by Gasteiger charge is 2.43. The molecule has 4 amide bonds. The van der Waals surface area contributed by atoms with Crippen LogP contribution in [0.1, 0.15) is 16.8 Å². The minimum absolute atomic E-state index is 0.0132. The quantitative estimate of drug-likeness (QED) is 0.138. The standard InChI is InChI=1S/C36H37FN6O4/c1-2-19-38-22-34(45)43-32(20-25-11-17-30(44)18-12-25)35(46)42(24-33(43)41-36(47)39-21-26-7-4-3-5-8-26)23-29-9-6-10-31(40-29)27-13-15-28(37)16-14-27/h2-18,32-33,38,44H,1,19-24H2,(H2,39,41,47)/t32-,33?/m0/s1. The van der Waals surface area contributed by atoms with Crippen LogP contribution in [0.2, 0.25) is 0 Å². The maximum Gasteiger partial charge on any atom is 0.316 e. The van der Waals surface area contributed by atoms with E-state index in [1.54, 1.807) is 47.4 Å². The predicted molar refractivity (Wildman–Crippen MR) is 176 cm³/mol. The van der Waals surface area contributed by atoms with Crippen LogP contribution in [-0.2, 0) is 29.1 Å². The van der Waals surface area contributed by atoms with Gasteiger partial charge in [0.1, 0.15) is 23.8 Å². The molecule has 0 aliphatic carbocycles. The Morgan fingerprint density at radius 1 is 0.957 bits per heavy atom. The van der Waals surface area contributed by atoms with E-state index in [1.807, 2.05) is 36.4 Å². The number of rotatable bonds is 12. The number of hydrogen-bond acceptors (Lipinski definition) is 6. The molecule has 0 bridgehead atoms. The molecule has 242 valence electrons. The Hall–Kier alpha value is -5.55. The SMILES string of the molecule is C=CCNCC(=O)N1C(NC(=O)NCc2ccccc2)CN(Cc2cccc(-c3ccc(F)cc3)n2)C(=O)[C@@H]1Cc1ccc(O)cc1. The van der Waals surface area contributed by atoms with Gasteiger partial charge in [0.05, 0.1) is 31.0 Å². The monoisotopic (exact) mass is 636 g/mol. The molecular weight excluding hydrogens is 599 g/mol. The zero-order chi connectivity index (χ0) is 33.2. The van der Waals surface area contributed by atoms with Crippen LogP contribution in [0, 0.1) is 5.82 Å². The molecular formula is C36H37FN6O4. The van der Waals surface area contributed by atoms with Crippen molar-refractivity contribution in [1.29, 1.82) is 0 Å². The lowest BCUT2D eigenvalue weighted by Crippen LogP contribution is -2.69. The number of piperazine rings is 1. The lowest BCUT2D eigenvalue weighted by molar-refractivity contribution is -0.157. The van der Waals surface area contributed by atoms with E-state index >= 15 is 0 Å². The molecule has 2 heterocycles. The summed E-state index contributed by atoms with van der Waals surface area (Å²) in [5.41, 5.74) is 3.56. The third-order valence-electron chi connectivity index (χ3n) is 7.77. The van der Waals surface area contributed by atoms with Crippen molar-refractivity contribution in [2.45, 2.75) is 31.7 Å². The summed E-state index contributed by atoms with van der Waals surface area (Å²) in [5, 5.41) is 18.6. The molecule has 2 atom stereocenters. The molecule has 47 heavy (non-hydrogen) atoms. The van der Waals surface area contributed by atoms with Gasteiger partial charge in [0.15, 0.2) is 0 Å². The van der Waals surface area contributed by atoms with Crippen LogP contribution in [0.15, 0.2) is 110 Å². The highest BCUT2D eigenvalue weighted by atomic mass is 19.1. The van der Waals surface area contributed by atoms with Gasteiger partial charge in [0, 0.05) is 25.1 Å². The van der Waals surface area contributed by atoms with E-state index in [0.29, 0.717) is 17.9 Å². The fraction of sp³-hybridized carbons (Fsp3) is 0.222. The number of nitrogens with one attached hydrogen (secondary N) is 3. The molecule has 1 unspecified atom stereocenters. The van der Waals surface area contributed by atoms with Gasteiger partial charge in [0.25, 0.3) is 0 Å². The van der Waals surface area contributed by atoms with Crippen LogP contribution in [0.5, 0.6) is 5.75 Å². The molecule has 1 saturated heterocycles. The average molecular weight is 637 g/mol. The number of halogens is 1. The third-order valence-corrected chi connectivity index (χ3v) is 7.77. The first-order valence-electron chi connectivity index (χ1n) is 15.3. The second kappa shape index (κ2) is 15.6. The molecule has 1 aliphatic rings. The van der Waals surface area contributed by atoms with Crippen molar-refractivity contribution in [3.8, 4) is 17.0 Å². The van der Waals surface area contributed by atoms with E-state index < -0.39 is 18.2 Å². The average Bonchev–Trinajstić information content (AvgIpc) is 3.08. The van der Waals surface area contributed by atoms with Gasteiger partial charge < -0.3 is 30.9 Å². The molecule has 11 heteroatoms. The van der Waals surface area contributed by atoms with Gasteiger partial charge in [-0.2, -0.15) is 0 Å². The lowest BCUT2D eigenvalue weighted by Gasteiger charge is -2.46. The number of phenolic OH excluding ortho intramolecular Hbond substituents is 1. The Balaban J connectivity index is 1.44. The van der Waals surface area contributed by atoms with Gasteiger partial charge >= 0.3 is 6.03 Å². The zero-order valence-corrected chi connectivity index (χ0v) is 25.8. The first kappa shape index (κ1) is 32.8. The predicted octanol–water partition coefficient (Wildman–Crippen LogP) is 3.98. The summed E-state index contributed by atoms with van der Waals surface area (Å²) in [6.45, 7) is 4.39. The second-order valence-corrected chi connectivity index (χ2v) is 11.2. The number of hydrogen-bond donors (Lipinski definition) is 4. The molecule has 10 nitrogen and oxygen atoms in total. The van der Waals surface area contributed by atoms with Crippen molar-refractivity contribution in [1.82, 2.24) is 30.7 Å². The molecule has 3 aromatic carbocycles. The Bertz CT molecular complexity index is 1680. The lowest BCUT2D eigenvalue weighted by atomic mass is 9.99. The summed E-state index contributed by atoms with van der Waals surface area (Å²) in [5.74, 6) is -0.956. The molecule has 4 aromatic rings. The number of aromatic nitrogens is 1. The number of carbonyl (C=O) groups is 3. The number of carbonyl (C=O) groups excluding carboxylic acids is 3. The number of phenols is 1. The van der Waals surface area contributed by atoms with E-state index in [1.165, 1.54) is 29.2 Å². The summed E-state index contributed by atoms with van der Waals surface area (Å²) < 4.78 is 13.5. The van der Waals surface area contributed by atoms with Gasteiger partial charge in [-0.15, -0.1) is 6.58 Å². The highest BCUT2D eigenvalue weighted by molar-refractivity contribution is 5.91. The summed E-state index contributed by atoms with van der Waals surface area (Å²) in [6.07, 6.45) is 0.906. The summed E-state index contributed by atoms with van der Waals surface area (Å²) in [7, 11) is 0. The first-order chi connectivity index (χ1) is 22.8. The van der Waals surface area contributed by atoms with Gasteiger partial charge in [-0.25, -0.2) is 9.18 Å². The fourth-order valence-corrected chi connectivity index (χ4v) is 5.48. The molecule has 1 aliphatic heterocycles. The Morgan fingerprint density at radius 3 is 2.43 bits per heavy atom. The van der Waals surface area contributed by atoms with Crippen molar-refractivity contribution in [2.24, 2.45) is 0 Å². The van der Waals surface area contributed by atoms with Crippen molar-refractivity contribution in [3.05, 3.63) is 132 Å². The van der Waals surface area contributed by atoms with Gasteiger partial charge in [-0.3, -0.25) is 14.6 Å². The number of benzene rings is 3. The molecule has 0 radical (unpaired) electrons. The molecule has 1 aromatic heterocycles. The summed E-state index contributed by atoms with van der Waals surface area (Å²) >= 11 is 0. The molecule has 5 rings (SSSR count). The smallest absolute Gasteiger partial charge is 0.316 e. The number of aromatic hydroxyl groups is 1. The van der Waals surface area contributed by atoms with E-state index in [9.17, 15) is 23.9 Å². The molecule has 0 spiro atoms. The van der Waals surface area contributed by atoms with E-state index in [-0.39, 0.29) is 56.0 Å². The van der Waals surface area contributed by atoms with E-state index in [4.69, 9.17) is 4.98 Å². The maximum atomic E-state index is 14.2. The van der Waals surface area contributed by atoms with Crippen LogP contribution >= 0.6 is 0 Å². The van der Waals surface area contributed by atoms with Gasteiger partial charge in [-0.1, -0.05) is 54.6 Å². The molecule has 4 N–H and O–H groups in total. The van der Waals surface area contributed by atoms with Gasteiger partial charge in [0.2, 0.25) is 11.8 Å². The summed E-state index contributed by atoms with van der Waals surface area (Å²) in [4.78, 5) is 49.0. The number of nitrogens with zero attached hydrogens (tertiary/aromatic N) is 3. The fourth-order valence-electron chi connectivity index (χ4n) is 5.48. The van der Waals surface area contributed by atoms with E-state index in [2.05, 4.69) is 22.5 Å². The Labute approximate surface area is 272 Å². The molecule has 1 fully saturated rings. The Morgan fingerprint density at radius 2 is 1.70 bits per heavy atom. The van der Waals surface area contributed by atoms with Crippen molar-refractivity contribution >= 4 is 17.8 Å². The van der Waals surface area contributed by atoms with Crippen LogP contribution in [0.25, 0.3) is 11.3 Å². The van der Waals surface area contributed by atoms with Crippen LogP contribution in [-0.4, -0.2) is 69.6 Å². The first-order valence-corrected chi connectivity index (χ1v) is 15.3. The number of urea groups is 1. The molecule has 0 saturated carbocycles. The third kappa shape index (κ3) is 8.80. The topological polar surface area (TPSA) is 127 Å². The second-order valence-electron chi connectivity index (χ2n) is 11.2. The van der Waals surface area contributed by atoms with Gasteiger partial charge in [-0.05, 0) is 59.7 Å². The van der Waals surface area contributed by atoms with Crippen LogP contribution in [0.4, 0.5) is 9.18 Å². The Kier molecular flexibility index (Phi) is 10.9. The van der Waals surface area contributed by atoms with Crippen molar-refractivity contribution in [3.63, 3.8) is 0 Å². The van der Waals surface area contributed by atoms with E-state index in [0.717, 1.165) is 16.7 Å². The summed E-state index contributed by atoms with van der Waals surface area (Å²) in [6, 6.07) is 25.8. The largest absolute Gasteiger partial charge is 0.508 e. The van der Waals surface area contributed by atoms with Crippen LogP contribution < -0.4 is 16.0 Å². The number of amides is 4. The number of pyridine rings is 1. The normalized spacial score (nSPS) is 16.1. The van der Waals surface area contributed by atoms with Crippen molar-refractivity contribution in [2.75, 3.05) is 19.6 Å². The maximum absolute atomic E-state index is 14.2. The minimum Gasteiger partial charge on any atom is -0.508 e. The van der Waals surface area contributed by atoms with Crippen molar-refractivity contribution < 1.29 is 23.9 Å².